The molecule has 4 atom stereocenters. The van der Waals surface area contributed by atoms with Crippen LogP contribution in [0.15, 0.2) is 65.7 Å². The average molecular weight is 444 g/mol. The minimum absolute atomic E-state index is 0.0806. The summed E-state index contributed by atoms with van der Waals surface area (Å²) in [5.41, 5.74) is 4.68. The van der Waals surface area contributed by atoms with Crippen molar-refractivity contribution in [3.63, 3.8) is 0 Å². The molecule has 0 spiro atoms. The first-order chi connectivity index (χ1) is 16.1. The second-order valence-corrected chi connectivity index (χ2v) is 9.07. The van der Waals surface area contributed by atoms with Gasteiger partial charge in [-0.05, 0) is 78.5 Å². The first-order valence-electron chi connectivity index (χ1n) is 11.4. The molecule has 3 aromatic rings. The molecule has 1 aromatic carbocycles. The summed E-state index contributed by atoms with van der Waals surface area (Å²) < 4.78 is 13.5. The first-order valence-corrected chi connectivity index (χ1v) is 11.4. The van der Waals surface area contributed by atoms with E-state index in [0.29, 0.717) is 11.8 Å². The van der Waals surface area contributed by atoms with Crippen LogP contribution in [0.1, 0.15) is 42.0 Å². The molecule has 33 heavy (non-hydrogen) atoms. The molecule has 6 heteroatoms. The molecule has 2 heterocycles. The van der Waals surface area contributed by atoms with Crippen molar-refractivity contribution in [2.75, 3.05) is 0 Å². The van der Waals surface area contributed by atoms with Crippen molar-refractivity contribution in [3.05, 3.63) is 93.9 Å². The van der Waals surface area contributed by atoms with Crippen molar-refractivity contribution in [2.45, 2.75) is 37.6 Å². The van der Waals surface area contributed by atoms with Crippen molar-refractivity contribution in [2.24, 2.45) is 11.8 Å². The molecule has 2 aromatic heterocycles. The minimum Gasteiger partial charge on any atom is -0.356 e. The summed E-state index contributed by atoms with van der Waals surface area (Å²) in [4.78, 5) is 30.3. The van der Waals surface area contributed by atoms with Gasteiger partial charge in [-0.2, -0.15) is 0 Å². The Hall–Kier alpha value is -3.54. The lowest BCUT2D eigenvalue weighted by Gasteiger charge is -2.43. The van der Waals surface area contributed by atoms with Crippen molar-refractivity contribution in [1.29, 1.82) is 0 Å². The molecule has 0 aliphatic heterocycles. The predicted octanol–water partition coefficient (Wildman–Crippen LogP) is 4.46. The molecule has 1 saturated carbocycles. The van der Waals surface area contributed by atoms with E-state index >= 15 is 0 Å². The van der Waals surface area contributed by atoms with Gasteiger partial charge in [0.25, 0.3) is 0 Å². The highest BCUT2D eigenvalue weighted by molar-refractivity contribution is 5.63. The summed E-state index contributed by atoms with van der Waals surface area (Å²) in [6.45, 7) is 0. The second-order valence-electron chi connectivity index (χ2n) is 9.07. The number of carbonyl (C=O) groups excluding carboxylic acids is 1. The van der Waals surface area contributed by atoms with Gasteiger partial charge in [0.05, 0.1) is 5.69 Å². The minimum atomic E-state index is -0.266. The van der Waals surface area contributed by atoms with Gasteiger partial charge < -0.3 is 10.3 Å². The molecule has 0 bridgehead atoms. The third-order valence-electron chi connectivity index (χ3n) is 7.11. The number of H-pyrrole nitrogens is 1. The number of aromatic nitrogens is 2. The molecule has 168 valence electrons. The van der Waals surface area contributed by atoms with Gasteiger partial charge in [-0.3, -0.25) is 14.6 Å². The Labute approximate surface area is 191 Å². The van der Waals surface area contributed by atoms with E-state index in [4.69, 9.17) is 0 Å². The Morgan fingerprint density at radius 2 is 2.03 bits per heavy atom. The van der Waals surface area contributed by atoms with Crippen molar-refractivity contribution in [3.8, 4) is 11.1 Å². The van der Waals surface area contributed by atoms with Gasteiger partial charge in [0, 0.05) is 36.0 Å². The molecular formula is C27H26FN3O2. The number of fused-ring (bicyclic) bond motifs is 2. The number of halogens is 1. The summed E-state index contributed by atoms with van der Waals surface area (Å²) in [6, 6.07) is 12.3. The molecule has 0 radical (unpaired) electrons. The van der Waals surface area contributed by atoms with Gasteiger partial charge in [0.2, 0.25) is 12.0 Å². The monoisotopic (exact) mass is 443 g/mol. The van der Waals surface area contributed by atoms with Gasteiger partial charge in [-0.15, -0.1) is 0 Å². The van der Waals surface area contributed by atoms with E-state index in [-0.39, 0.29) is 23.3 Å². The smallest absolute Gasteiger partial charge is 0.248 e. The summed E-state index contributed by atoms with van der Waals surface area (Å²) >= 11 is 0. The Kier molecular flexibility index (Phi) is 5.90. The maximum absolute atomic E-state index is 13.5. The Balaban J connectivity index is 1.41. The van der Waals surface area contributed by atoms with Crippen LogP contribution in [0.4, 0.5) is 4.39 Å². The van der Waals surface area contributed by atoms with Crippen LogP contribution in [-0.2, 0) is 11.2 Å². The number of rotatable bonds is 5. The molecule has 0 unspecified atom stereocenters. The zero-order chi connectivity index (χ0) is 22.8. The lowest BCUT2D eigenvalue weighted by atomic mass is 9.62. The number of nitrogens with one attached hydrogen (secondary N) is 2. The fourth-order valence-electron chi connectivity index (χ4n) is 5.56. The number of nitrogens with zero attached hydrogens (tertiary/aromatic N) is 1. The first kappa shape index (κ1) is 21.3. The third kappa shape index (κ3) is 4.51. The summed E-state index contributed by atoms with van der Waals surface area (Å²) in [7, 11) is 0. The maximum Gasteiger partial charge on any atom is 0.248 e. The quantitative estimate of drug-likeness (QED) is 0.572. The van der Waals surface area contributed by atoms with Gasteiger partial charge in [0.1, 0.15) is 5.82 Å². The van der Waals surface area contributed by atoms with Gasteiger partial charge >= 0.3 is 0 Å². The van der Waals surface area contributed by atoms with Gasteiger partial charge in [-0.1, -0.05) is 24.3 Å². The molecular weight excluding hydrogens is 417 g/mol. The number of amides is 1. The van der Waals surface area contributed by atoms with E-state index in [1.807, 2.05) is 30.5 Å². The normalized spacial score (nSPS) is 24.2. The number of benzene rings is 1. The van der Waals surface area contributed by atoms with Crippen LogP contribution in [0, 0.1) is 17.7 Å². The Morgan fingerprint density at radius 3 is 2.82 bits per heavy atom. The molecule has 1 fully saturated rings. The van der Waals surface area contributed by atoms with Crippen LogP contribution >= 0.6 is 0 Å². The lowest BCUT2D eigenvalue weighted by Crippen LogP contribution is -2.41. The molecule has 2 aliphatic rings. The number of allylic oxidation sites excluding steroid dienone is 1. The Bertz CT molecular complexity index is 1230. The van der Waals surface area contributed by atoms with Crippen LogP contribution in [0.2, 0.25) is 0 Å². The molecule has 1 amide bonds. The van der Waals surface area contributed by atoms with Crippen LogP contribution < -0.4 is 10.9 Å². The highest BCUT2D eigenvalue weighted by Gasteiger charge is 2.39. The van der Waals surface area contributed by atoms with Crippen LogP contribution in [-0.4, -0.2) is 22.4 Å². The molecule has 2 aliphatic carbocycles. The number of aromatic amines is 1. The number of pyridine rings is 2. The topological polar surface area (TPSA) is 74.8 Å². The van der Waals surface area contributed by atoms with Crippen molar-refractivity contribution in [1.82, 2.24) is 15.3 Å². The third-order valence-corrected chi connectivity index (χ3v) is 7.11. The van der Waals surface area contributed by atoms with E-state index in [1.165, 1.54) is 17.7 Å². The van der Waals surface area contributed by atoms with Crippen molar-refractivity contribution < 1.29 is 9.18 Å². The highest BCUT2D eigenvalue weighted by atomic mass is 19.1. The fraction of sp³-hybridized carbons (Fsp3) is 0.296. The standard InChI is InChI=1S/C27H26FN3O2/c28-21-3-1-2-17(11-21)18-4-5-22(29-14-18)6-9-25-24-8-7-23(31-16-32)12-19(24)10-20-13-27(33)30-15-26(20)25/h1-6,9,11,13-16,19,23-25H,7-8,10,12H2,(H,30,33)(H,31,32)/b9-6+/t19-,23-,24-,25+/m1/s1. The van der Waals surface area contributed by atoms with E-state index in [0.717, 1.165) is 54.5 Å². The SMILES string of the molecule is O=CN[C@@H]1CC[C@@H]2[C@H](Cc3cc(=O)[nH]cc3[C@H]2/C=C/c2ccc(-c3cccc(F)c3)cn2)C1. The summed E-state index contributed by atoms with van der Waals surface area (Å²) in [6.07, 6.45) is 12.4. The molecule has 5 rings (SSSR count). The van der Waals surface area contributed by atoms with E-state index in [9.17, 15) is 14.0 Å². The van der Waals surface area contributed by atoms with E-state index in [2.05, 4.69) is 21.4 Å². The van der Waals surface area contributed by atoms with E-state index in [1.54, 1.807) is 18.3 Å². The lowest BCUT2D eigenvalue weighted by molar-refractivity contribution is -0.110. The molecule has 0 saturated heterocycles. The van der Waals surface area contributed by atoms with E-state index < -0.39 is 0 Å². The number of hydrogen-bond acceptors (Lipinski definition) is 3. The number of hydrogen-bond donors (Lipinski definition) is 2. The second kappa shape index (κ2) is 9.14. The van der Waals surface area contributed by atoms with Crippen molar-refractivity contribution >= 4 is 12.5 Å². The highest BCUT2D eigenvalue weighted by Crippen LogP contribution is 2.47. The van der Waals surface area contributed by atoms with Crippen LogP contribution in [0.5, 0.6) is 0 Å². The zero-order valence-corrected chi connectivity index (χ0v) is 18.2. The van der Waals surface area contributed by atoms with Crippen LogP contribution in [0.3, 0.4) is 0 Å². The maximum atomic E-state index is 13.5. The van der Waals surface area contributed by atoms with Crippen LogP contribution in [0.25, 0.3) is 17.2 Å². The molecule has 2 N–H and O–H groups in total. The Morgan fingerprint density at radius 1 is 1.12 bits per heavy atom. The predicted molar refractivity (Wildman–Crippen MR) is 126 cm³/mol. The summed E-state index contributed by atoms with van der Waals surface area (Å²) in [5.74, 6) is 0.787. The van der Waals surface area contributed by atoms with Gasteiger partial charge in [0.15, 0.2) is 0 Å². The van der Waals surface area contributed by atoms with Gasteiger partial charge in [-0.25, -0.2) is 4.39 Å². The average Bonchev–Trinajstić information content (AvgIpc) is 2.82. The number of carbonyl (C=O) groups is 1. The summed E-state index contributed by atoms with van der Waals surface area (Å²) in [5, 5.41) is 2.95. The largest absolute Gasteiger partial charge is 0.356 e. The fourth-order valence-corrected chi connectivity index (χ4v) is 5.56. The zero-order valence-electron chi connectivity index (χ0n) is 18.2. The molecule has 5 nitrogen and oxygen atoms in total.